The minimum absolute atomic E-state index is 0.0488. The van der Waals surface area contributed by atoms with Crippen LogP contribution in [0.1, 0.15) is 64.5 Å². The van der Waals surface area contributed by atoms with Gasteiger partial charge in [-0.05, 0) is 97.9 Å². The van der Waals surface area contributed by atoms with Crippen LogP contribution >= 0.6 is 0 Å². The molecule has 4 aliphatic rings. The number of rotatable bonds is 6. The zero-order chi connectivity index (χ0) is 30.0. The molecule has 228 valence electrons. The molecule has 2 aliphatic carbocycles. The first-order valence-electron chi connectivity index (χ1n) is 15.9. The molecule has 0 amide bonds. The van der Waals surface area contributed by atoms with Crippen molar-refractivity contribution in [2.45, 2.75) is 64.5 Å². The topological polar surface area (TPSA) is 49.4 Å². The molecule has 2 heterocycles. The number of fused-ring (bicyclic) bond motifs is 7. The van der Waals surface area contributed by atoms with Gasteiger partial charge in [0.1, 0.15) is 0 Å². The predicted molar refractivity (Wildman–Crippen MR) is 172 cm³/mol. The van der Waals surface area contributed by atoms with E-state index in [1.807, 2.05) is 13.2 Å². The van der Waals surface area contributed by atoms with Crippen LogP contribution in [0, 0.1) is 23.7 Å². The maximum Gasteiger partial charge on any atom is 0.231 e. The van der Waals surface area contributed by atoms with Gasteiger partial charge in [-0.25, -0.2) is 0 Å². The Hall–Kier alpha value is -3.38. The first kappa shape index (κ1) is 28.4. The third kappa shape index (κ3) is 4.39. The average molecular weight is 584 g/mol. The second-order valence-corrected chi connectivity index (χ2v) is 13.5. The number of ether oxygens (including phenoxy) is 5. The monoisotopic (exact) mass is 583 g/mol. The van der Waals surface area contributed by atoms with Crippen molar-refractivity contribution in [1.29, 1.82) is 0 Å². The molecule has 3 aromatic carbocycles. The number of allylic oxidation sites excluding steroid dienone is 1. The van der Waals surface area contributed by atoms with Crippen LogP contribution in [-0.2, 0) is 4.74 Å². The van der Waals surface area contributed by atoms with Crippen molar-refractivity contribution in [3.05, 3.63) is 53.6 Å². The van der Waals surface area contributed by atoms with Crippen LogP contribution in [0.25, 0.3) is 21.9 Å². The highest BCUT2D eigenvalue weighted by Gasteiger charge is 2.48. The molecule has 0 radical (unpaired) electrons. The molecule has 0 bridgehead atoms. The first-order chi connectivity index (χ1) is 20.8. The van der Waals surface area contributed by atoms with Crippen LogP contribution < -0.4 is 23.8 Å². The summed E-state index contributed by atoms with van der Waals surface area (Å²) in [4.78, 5) is 2.47. The highest BCUT2D eigenvalue weighted by atomic mass is 16.7. The van der Waals surface area contributed by atoms with Gasteiger partial charge in [-0.15, -0.1) is 0 Å². The lowest BCUT2D eigenvalue weighted by Gasteiger charge is -2.51. The van der Waals surface area contributed by atoms with Crippen molar-refractivity contribution in [3.8, 4) is 34.1 Å². The Morgan fingerprint density at radius 1 is 0.977 bits per heavy atom. The van der Waals surface area contributed by atoms with Crippen molar-refractivity contribution in [3.63, 3.8) is 0 Å². The van der Waals surface area contributed by atoms with Crippen molar-refractivity contribution >= 4 is 16.5 Å². The number of anilines is 1. The van der Waals surface area contributed by atoms with Crippen molar-refractivity contribution < 1.29 is 23.7 Å². The van der Waals surface area contributed by atoms with E-state index in [0.29, 0.717) is 23.7 Å². The van der Waals surface area contributed by atoms with E-state index in [4.69, 9.17) is 23.7 Å². The molecule has 6 nitrogen and oxygen atoms in total. The Kier molecular flexibility index (Phi) is 7.04. The van der Waals surface area contributed by atoms with E-state index in [0.717, 1.165) is 47.6 Å². The minimum atomic E-state index is -0.0488. The van der Waals surface area contributed by atoms with Crippen LogP contribution in [0.15, 0.2) is 48.0 Å². The Morgan fingerprint density at radius 2 is 1.74 bits per heavy atom. The van der Waals surface area contributed by atoms with Gasteiger partial charge in [-0.2, -0.15) is 0 Å². The zero-order valence-electron chi connectivity index (χ0n) is 26.7. The Morgan fingerprint density at radius 3 is 2.47 bits per heavy atom. The maximum atomic E-state index is 6.21. The Bertz CT molecular complexity index is 1590. The SMILES string of the molecule is COc1ccc2c(c1OC)C(CC1=C[C@@H]3[C@H](C(C)C)CC[C@](C)(OC)[C@H]3CC1)N(C)c1c-2ccc2cc3c(cc12)OCO3. The standard InChI is InChI=1S/C37H45NO5/c1-21(2)24-14-15-37(3,41-7)29-12-8-22(16-28(24)29)17-30-34-25(11-13-31(39-5)36(34)40-6)26-10-9-23-18-32-33(43-20-42-32)19-27(23)35(26)38(30)4/h9-11,13,16,18-19,21,24,28-30H,8,12,14-15,17,20H2,1-7H3/t24-,28+,29-,30?,37-/m0/s1. The van der Waals surface area contributed by atoms with Crippen molar-refractivity contribution in [2.75, 3.05) is 40.1 Å². The Labute approximate surface area is 255 Å². The minimum Gasteiger partial charge on any atom is -0.493 e. The molecule has 1 unspecified atom stereocenters. The molecule has 0 aromatic heterocycles. The summed E-state index contributed by atoms with van der Waals surface area (Å²) in [6, 6.07) is 13.0. The van der Waals surface area contributed by atoms with E-state index in [9.17, 15) is 0 Å². The molecular weight excluding hydrogens is 538 g/mol. The largest absolute Gasteiger partial charge is 0.493 e. The molecular formula is C37H45NO5. The summed E-state index contributed by atoms with van der Waals surface area (Å²) >= 11 is 0. The lowest BCUT2D eigenvalue weighted by molar-refractivity contribution is -0.108. The average Bonchev–Trinajstić information content (AvgIpc) is 3.48. The fraction of sp³-hybridized carbons (Fsp3) is 0.514. The third-order valence-corrected chi connectivity index (χ3v) is 11.2. The fourth-order valence-electron chi connectivity index (χ4n) is 8.82. The van der Waals surface area contributed by atoms with E-state index < -0.39 is 0 Å². The van der Waals surface area contributed by atoms with Gasteiger partial charge in [0, 0.05) is 30.7 Å². The Balaban J connectivity index is 1.36. The molecule has 43 heavy (non-hydrogen) atoms. The molecule has 5 atom stereocenters. The van der Waals surface area contributed by atoms with Crippen LogP contribution in [0.2, 0.25) is 0 Å². The van der Waals surface area contributed by atoms with Crippen LogP contribution in [0.3, 0.4) is 0 Å². The molecule has 1 fully saturated rings. The quantitative estimate of drug-likeness (QED) is 0.271. The molecule has 0 spiro atoms. The number of hydrogen-bond donors (Lipinski definition) is 0. The van der Waals surface area contributed by atoms with Gasteiger partial charge in [-0.3, -0.25) is 0 Å². The predicted octanol–water partition coefficient (Wildman–Crippen LogP) is 8.56. The number of hydrogen-bond acceptors (Lipinski definition) is 6. The number of methoxy groups -OCH3 is 3. The molecule has 1 saturated carbocycles. The summed E-state index contributed by atoms with van der Waals surface area (Å²) < 4.78 is 29.7. The van der Waals surface area contributed by atoms with E-state index in [-0.39, 0.29) is 18.4 Å². The smallest absolute Gasteiger partial charge is 0.231 e. The number of nitrogens with zero attached hydrogens (tertiary/aromatic N) is 1. The normalized spacial score (nSPS) is 27.4. The lowest BCUT2D eigenvalue weighted by Crippen LogP contribution is -2.49. The first-order valence-corrected chi connectivity index (χ1v) is 15.9. The van der Waals surface area contributed by atoms with Gasteiger partial charge in [0.15, 0.2) is 23.0 Å². The second kappa shape index (κ2) is 10.7. The van der Waals surface area contributed by atoms with E-state index in [2.05, 4.69) is 69.1 Å². The maximum absolute atomic E-state index is 6.21. The van der Waals surface area contributed by atoms with Gasteiger partial charge < -0.3 is 28.6 Å². The molecule has 0 saturated heterocycles. The van der Waals surface area contributed by atoms with Gasteiger partial charge in [-0.1, -0.05) is 37.6 Å². The van der Waals surface area contributed by atoms with Gasteiger partial charge in [0.25, 0.3) is 0 Å². The molecule has 2 aliphatic heterocycles. The van der Waals surface area contributed by atoms with Crippen LogP contribution in [0.4, 0.5) is 5.69 Å². The molecule has 0 N–H and O–H groups in total. The highest BCUT2D eigenvalue weighted by molar-refractivity contribution is 6.05. The van der Waals surface area contributed by atoms with Crippen molar-refractivity contribution in [1.82, 2.24) is 0 Å². The summed E-state index contributed by atoms with van der Waals surface area (Å²) in [5.41, 5.74) is 6.31. The fourth-order valence-corrected chi connectivity index (χ4v) is 8.82. The highest BCUT2D eigenvalue weighted by Crippen LogP contribution is 2.57. The third-order valence-electron chi connectivity index (χ3n) is 11.2. The second-order valence-electron chi connectivity index (χ2n) is 13.5. The number of benzene rings is 3. The zero-order valence-corrected chi connectivity index (χ0v) is 26.7. The summed E-state index contributed by atoms with van der Waals surface area (Å²) in [7, 11) is 7.63. The molecule has 6 heteroatoms. The lowest BCUT2D eigenvalue weighted by atomic mass is 9.58. The van der Waals surface area contributed by atoms with E-state index in [1.165, 1.54) is 40.6 Å². The summed E-state index contributed by atoms with van der Waals surface area (Å²) in [5, 5.41) is 2.33. The molecule has 3 aromatic rings. The van der Waals surface area contributed by atoms with E-state index in [1.54, 1.807) is 19.8 Å². The van der Waals surface area contributed by atoms with Gasteiger partial charge in [0.2, 0.25) is 6.79 Å². The molecule has 7 rings (SSSR count). The summed E-state index contributed by atoms with van der Waals surface area (Å²) in [5.74, 6) is 5.65. The van der Waals surface area contributed by atoms with Gasteiger partial charge in [0.05, 0.1) is 31.5 Å². The van der Waals surface area contributed by atoms with E-state index >= 15 is 0 Å². The summed E-state index contributed by atoms with van der Waals surface area (Å²) in [6.45, 7) is 7.40. The van der Waals surface area contributed by atoms with Gasteiger partial charge >= 0.3 is 0 Å². The summed E-state index contributed by atoms with van der Waals surface area (Å²) in [6.07, 6.45) is 8.23. The van der Waals surface area contributed by atoms with Crippen molar-refractivity contribution in [2.24, 2.45) is 23.7 Å². The van der Waals surface area contributed by atoms with Crippen LogP contribution in [-0.4, -0.2) is 40.8 Å². The van der Waals surface area contributed by atoms with Crippen LogP contribution in [0.5, 0.6) is 23.0 Å².